The number of morpholine rings is 1. The number of hydrogen-bond acceptors (Lipinski definition) is 8. The Kier molecular flexibility index (Phi) is 7.27. The van der Waals surface area contributed by atoms with Crippen LogP contribution in [0.4, 0.5) is 5.82 Å². The van der Waals surface area contributed by atoms with Gasteiger partial charge >= 0.3 is 5.97 Å². The first-order valence-corrected chi connectivity index (χ1v) is 12.2. The summed E-state index contributed by atoms with van der Waals surface area (Å²) in [5, 5.41) is 12.2. The van der Waals surface area contributed by atoms with Crippen molar-refractivity contribution in [3.05, 3.63) is 62.0 Å². The number of thiazole rings is 1. The topological polar surface area (TPSA) is 140 Å². The summed E-state index contributed by atoms with van der Waals surface area (Å²) in [6.07, 6.45) is 5.19. The van der Waals surface area contributed by atoms with Gasteiger partial charge in [0.2, 0.25) is 5.91 Å². The van der Waals surface area contributed by atoms with Gasteiger partial charge in [0.05, 0.1) is 29.5 Å². The van der Waals surface area contributed by atoms with E-state index in [2.05, 4.69) is 29.2 Å². The second-order valence-electron chi connectivity index (χ2n) is 8.60. The van der Waals surface area contributed by atoms with Gasteiger partial charge in [-0.2, -0.15) is 0 Å². The van der Waals surface area contributed by atoms with Crippen molar-refractivity contribution >= 4 is 40.8 Å². The number of anilines is 1. The van der Waals surface area contributed by atoms with E-state index < -0.39 is 23.5 Å². The quantitative estimate of drug-likeness (QED) is 0.449. The Labute approximate surface area is 205 Å². The summed E-state index contributed by atoms with van der Waals surface area (Å²) >= 11 is 1.64. The SMILES string of the molecule is CC(C)c1csc(CCc2ccn3c(=O)c(/C=C/C(=O)O)c(N4CCOCC4C(N)=O)nc3c2)n1. The molecule has 4 rings (SSSR count). The number of aromatic nitrogens is 3. The van der Waals surface area contributed by atoms with Gasteiger partial charge in [0, 0.05) is 30.6 Å². The Morgan fingerprint density at radius 3 is 2.83 bits per heavy atom. The molecule has 3 N–H and O–H groups in total. The summed E-state index contributed by atoms with van der Waals surface area (Å²) in [7, 11) is 0. The van der Waals surface area contributed by atoms with E-state index in [4.69, 9.17) is 15.6 Å². The molecule has 10 nitrogen and oxygen atoms in total. The largest absolute Gasteiger partial charge is 0.478 e. The van der Waals surface area contributed by atoms with E-state index >= 15 is 0 Å². The predicted octanol–water partition coefficient (Wildman–Crippen LogP) is 1.85. The molecule has 0 radical (unpaired) electrons. The zero-order chi connectivity index (χ0) is 25.1. The highest BCUT2D eigenvalue weighted by Gasteiger charge is 2.31. The third-order valence-electron chi connectivity index (χ3n) is 5.82. The third kappa shape index (κ3) is 5.41. The summed E-state index contributed by atoms with van der Waals surface area (Å²) < 4.78 is 6.76. The summed E-state index contributed by atoms with van der Waals surface area (Å²) in [6.45, 7) is 4.89. The van der Waals surface area contributed by atoms with Gasteiger partial charge in [-0.05, 0) is 36.1 Å². The Bertz CT molecular complexity index is 1350. The number of carbonyl (C=O) groups is 2. The van der Waals surface area contributed by atoms with Crippen molar-refractivity contribution in [2.75, 3.05) is 24.7 Å². The minimum absolute atomic E-state index is 0.0602. The molecule has 0 spiro atoms. The van der Waals surface area contributed by atoms with Gasteiger partial charge in [0.25, 0.3) is 5.56 Å². The monoisotopic (exact) mass is 497 g/mol. The average molecular weight is 498 g/mol. The van der Waals surface area contributed by atoms with E-state index in [1.807, 2.05) is 12.1 Å². The third-order valence-corrected chi connectivity index (χ3v) is 6.75. The van der Waals surface area contributed by atoms with Crippen LogP contribution in [-0.4, -0.2) is 57.2 Å². The minimum Gasteiger partial charge on any atom is -0.478 e. The van der Waals surface area contributed by atoms with E-state index in [9.17, 15) is 14.4 Å². The fourth-order valence-corrected chi connectivity index (χ4v) is 4.87. The van der Waals surface area contributed by atoms with Crippen LogP contribution in [0.1, 0.15) is 41.6 Å². The van der Waals surface area contributed by atoms with Crippen molar-refractivity contribution in [1.29, 1.82) is 0 Å². The second kappa shape index (κ2) is 10.4. The van der Waals surface area contributed by atoms with Crippen LogP contribution in [0.3, 0.4) is 0 Å². The van der Waals surface area contributed by atoms with Gasteiger partial charge in [0.1, 0.15) is 17.5 Å². The van der Waals surface area contributed by atoms with Crippen LogP contribution in [-0.2, 0) is 27.2 Å². The molecule has 0 aliphatic carbocycles. The van der Waals surface area contributed by atoms with Crippen molar-refractivity contribution in [3.8, 4) is 0 Å². The van der Waals surface area contributed by atoms with Crippen molar-refractivity contribution < 1.29 is 19.4 Å². The molecule has 4 heterocycles. The number of carboxylic acid groups (broad SMARTS) is 1. The molecule has 1 saturated heterocycles. The predicted molar refractivity (Wildman–Crippen MR) is 133 cm³/mol. The molecule has 3 aromatic rings. The number of primary amides is 1. The van der Waals surface area contributed by atoms with Crippen molar-refractivity contribution in [2.45, 2.75) is 38.6 Å². The number of amides is 1. The number of hydrogen-bond donors (Lipinski definition) is 2. The minimum atomic E-state index is -1.20. The number of aliphatic carboxylic acids is 1. The fraction of sp³-hybridized carbons (Fsp3) is 0.375. The molecule has 1 unspecified atom stereocenters. The smallest absolute Gasteiger partial charge is 0.328 e. The number of nitrogens with two attached hydrogens (primary N) is 1. The number of ether oxygens (including phenoxy) is 1. The molecule has 0 bridgehead atoms. The van der Waals surface area contributed by atoms with E-state index in [-0.39, 0.29) is 24.5 Å². The van der Waals surface area contributed by atoms with E-state index in [1.54, 1.807) is 22.4 Å². The molecule has 0 saturated carbocycles. The first-order chi connectivity index (χ1) is 16.7. The van der Waals surface area contributed by atoms with Crippen molar-refractivity contribution in [3.63, 3.8) is 0 Å². The van der Waals surface area contributed by atoms with Crippen LogP contribution in [0, 0.1) is 0 Å². The number of fused-ring (bicyclic) bond motifs is 1. The van der Waals surface area contributed by atoms with Gasteiger partial charge < -0.3 is 20.5 Å². The lowest BCUT2D eigenvalue weighted by Crippen LogP contribution is -2.53. The number of aryl methyl sites for hydroxylation is 2. The molecule has 1 aliphatic heterocycles. The second-order valence-corrected chi connectivity index (χ2v) is 9.54. The molecule has 1 fully saturated rings. The lowest BCUT2D eigenvalue weighted by atomic mass is 10.1. The zero-order valence-electron chi connectivity index (χ0n) is 19.5. The Morgan fingerprint density at radius 1 is 1.34 bits per heavy atom. The average Bonchev–Trinajstić information content (AvgIpc) is 3.31. The van der Waals surface area contributed by atoms with Gasteiger partial charge in [-0.1, -0.05) is 13.8 Å². The molecular formula is C24H27N5O5S. The number of nitrogens with zero attached hydrogens (tertiary/aromatic N) is 4. The fourth-order valence-electron chi connectivity index (χ4n) is 3.91. The molecule has 0 aromatic carbocycles. The van der Waals surface area contributed by atoms with E-state index in [0.717, 1.165) is 35.2 Å². The molecule has 3 aromatic heterocycles. The van der Waals surface area contributed by atoms with Crippen molar-refractivity contribution in [2.24, 2.45) is 5.73 Å². The van der Waals surface area contributed by atoms with Gasteiger partial charge in [-0.15, -0.1) is 11.3 Å². The Hall–Kier alpha value is -3.57. The number of pyridine rings is 1. The summed E-state index contributed by atoms with van der Waals surface area (Å²) in [6, 6.07) is 2.85. The normalized spacial score (nSPS) is 16.4. The van der Waals surface area contributed by atoms with Crippen molar-refractivity contribution in [1.82, 2.24) is 14.4 Å². The summed E-state index contributed by atoms with van der Waals surface area (Å²) in [4.78, 5) is 47.5. The van der Waals surface area contributed by atoms with Crippen LogP contribution >= 0.6 is 11.3 Å². The van der Waals surface area contributed by atoms with E-state index in [0.29, 0.717) is 18.2 Å². The molecule has 184 valence electrons. The number of rotatable bonds is 8. The summed E-state index contributed by atoms with van der Waals surface area (Å²) in [5.41, 5.74) is 7.65. The van der Waals surface area contributed by atoms with Crippen LogP contribution in [0.15, 0.2) is 34.6 Å². The van der Waals surface area contributed by atoms with Gasteiger partial charge in [-0.25, -0.2) is 14.8 Å². The highest BCUT2D eigenvalue weighted by atomic mass is 32.1. The molecule has 11 heteroatoms. The molecule has 35 heavy (non-hydrogen) atoms. The Morgan fingerprint density at radius 2 is 2.14 bits per heavy atom. The summed E-state index contributed by atoms with van der Waals surface area (Å²) in [5.74, 6) is -1.23. The first kappa shape index (κ1) is 24.6. The molecule has 1 aliphatic rings. The lowest BCUT2D eigenvalue weighted by molar-refractivity contribution is -0.131. The van der Waals surface area contributed by atoms with Crippen LogP contribution in [0.25, 0.3) is 11.7 Å². The van der Waals surface area contributed by atoms with Gasteiger partial charge in [0.15, 0.2) is 0 Å². The highest BCUT2D eigenvalue weighted by molar-refractivity contribution is 7.09. The maximum Gasteiger partial charge on any atom is 0.328 e. The van der Waals surface area contributed by atoms with Crippen LogP contribution in [0.2, 0.25) is 0 Å². The van der Waals surface area contributed by atoms with Crippen LogP contribution < -0.4 is 16.2 Å². The lowest BCUT2D eigenvalue weighted by Gasteiger charge is -2.35. The zero-order valence-corrected chi connectivity index (χ0v) is 20.3. The standard InChI is InChI=1S/C24H27N5O5S/c1-14(2)17-13-35-20(26-17)5-3-15-7-8-29-19(11-15)27-23(16(24(29)33)4-6-21(30)31)28-9-10-34-12-18(28)22(25)32/h4,6-8,11,13-14,18H,3,5,9-10,12H2,1-2H3,(H2,25,32)(H,30,31)/b6-4+. The maximum atomic E-state index is 13.3. The Balaban J connectivity index is 1.73. The molecule has 1 atom stereocenters. The molecular weight excluding hydrogens is 470 g/mol. The number of carbonyl (C=O) groups excluding carboxylic acids is 1. The maximum absolute atomic E-state index is 13.3. The molecule has 1 amide bonds. The number of carboxylic acids is 1. The first-order valence-electron chi connectivity index (χ1n) is 11.3. The van der Waals surface area contributed by atoms with Gasteiger partial charge in [-0.3, -0.25) is 14.0 Å². The highest BCUT2D eigenvalue weighted by Crippen LogP contribution is 2.23. The van der Waals surface area contributed by atoms with E-state index in [1.165, 1.54) is 10.5 Å². The van der Waals surface area contributed by atoms with Crippen LogP contribution in [0.5, 0.6) is 0 Å².